The van der Waals surface area contributed by atoms with Crippen molar-refractivity contribution < 1.29 is 4.74 Å². The van der Waals surface area contributed by atoms with Crippen molar-refractivity contribution in [1.82, 2.24) is 0 Å². The highest BCUT2D eigenvalue weighted by Gasteiger charge is 2.00. The average molecular weight is 196 g/mol. The maximum absolute atomic E-state index is 5.59. The van der Waals surface area contributed by atoms with Gasteiger partial charge in [0.15, 0.2) is 0 Å². The number of hydrogen-bond acceptors (Lipinski definition) is 2. The van der Waals surface area contributed by atoms with E-state index in [2.05, 4.69) is 25.3 Å². The van der Waals surface area contributed by atoms with Gasteiger partial charge in [0, 0.05) is 4.90 Å². The number of thioether (sulfide) groups is 1. The van der Waals surface area contributed by atoms with Crippen LogP contribution in [0.4, 0.5) is 0 Å². The van der Waals surface area contributed by atoms with Gasteiger partial charge in [-0.3, -0.25) is 0 Å². The molecule has 0 saturated heterocycles. The zero-order valence-corrected chi connectivity index (χ0v) is 9.44. The van der Waals surface area contributed by atoms with Crippen LogP contribution in [-0.4, -0.2) is 12.4 Å². The second-order valence-electron chi connectivity index (χ2n) is 3.30. The highest BCUT2D eigenvalue weighted by Crippen LogP contribution is 2.24. The van der Waals surface area contributed by atoms with E-state index in [1.807, 2.05) is 19.9 Å². The van der Waals surface area contributed by atoms with Crippen molar-refractivity contribution in [2.24, 2.45) is 0 Å². The number of rotatable bonds is 3. The van der Waals surface area contributed by atoms with Crippen LogP contribution in [0.3, 0.4) is 0 Å². The molecule has 0 aliphatic rings. The van der Waals surface area contributed by atoms with Crippen LogP contribution >= 0.6 is 11.8 Å². The number of ether oxygens (including phenoxy) is 1. The first-order chi connectivity index (χ1) is 6.13. The lowest BCUT2D eigenvalue weighted by Crippen LogP contribution is -2.05. The van der Waals surface area contributed by atoms with Gasteiger partial charge in [0.2, 0.25) is 0 Å². The van der Waals surface area contributed by atoms with E-state index >= 15 is 0 Å². The summed E-state index contributed by atoms with van der Waals surface area (Å²) in [6.07, 6.45) is 2.34. The van der Waals surface area contributed by atoms with Crippen LogP contribution in [0.1, 0.15) is 19.4 Å². The predicted molar refractivity (Wildman–Crippen MR) is 58.7 cm³/mol. The average Bonchev–Trinajstić information content (AvgIpc) is 2.03. The Kier molecular flexibility index (Phi) is 3.67. The maximum Gasteiger partial charge on any atom is 0.120 e. The summed E-state index contributed by atoms with van der Waals surface area (Å²) in [5, 5.41) is 0. The van der Waals surface area contributed by atoms with Crippen molar-refractivity contribution in [3.8, 4) is 5.75 Å². The second-order valence-corrected chi connectivity index (χ2v) is 4.15. The summed E-state index contributed by atoms with van der Waals surface area (Å²) >= 11 is 1.77. The van der Waals surface area contributed by atoms with Gasteiger partial charge in [-0.15, -0.1) is 11.8 Å². The van der Waals surface area contributed by atoms with Gasteiger partial charge >= 0.3 is 0 Å². The lowest BCUT2D eigenvalue weighted by atomic mass is 10.2. The molecule has 0 atom stereocenters. The second kappa shape index (κ2) is 4.56. The predicted octanol–water partition coefficient (Wildman–Crippen LogP) is 3.50. The van der Waals surface area contributed by atoms with E-state index in [0.29, 0.717) is 0 Å². The third kappa shape index (κ3) is 2.96. The van der Waals surface area contributed by atoms with Gasteiger partial charge in [-0.05, 0) is 50.8 Å². The van der Waals surface area contributed by atoms with Crippen LogP contribution in [0.5, 0.6) is 5.75 Å². The first-order valence-electron chi connectivity index (χ1n) is 4.44. The molecule has 0 spiro atoms. The Morgan fingerprint density at radius 1 is 1.31 bits per heavy atom. The van der Waals surface area contributed by atoms with Gasteiger partial charge in [0.05, 0.1) is 6.10 Å². The Hall–Kier alpha value is -0.630. The summed E-state index contributed by atoms with van der Waals surface area (Å²) < 4.78 is 5.59. The van der Waals surface area contributed by atoms with Gasteiger partial charge in [-0.2, -0.15) is 0 Å². The summed E-state index contributed by atoms with van der Waals surface area (Å²) in [5.74, 6) is 0.963. The van der Waals surface area contributed by atoms with E-state index in [-0.39, 0.29) is 6.10 Å². The standard InChI is InChI=1S/C11H16OS/c1-8(2)12-10-5-6-11(13-4)9(3)7-10/h5-8H,1-4H3. The van der Waals surface area contributed by atoms with Gasteiger partial charge in [-0.25, -0.2) is 0 Å². The quantitative estimate of drug-likeness (QED) is 0.684. The molecular weight excluding hydrogens is 180 g/mol. The molecule has 1 nitrogen and oxygen atoms in total. The van der Waals surface area contributed by atoms with Crippen molar-refractivity contribution in [3.05, 3.63) is 23.8 Å². The number of aryl methyl sites for hydroxylation is 1. The van der Waals surface area contributed by atoms with Crippen molar-refractivity contribution in [3.63, 3.8) is 0 Å². The van der Waals surface area contributed by atoms with Crippen LogP contribution in [-0.2, 0) is 0 Å². The normalized spacial score (nSPS) is 10.5. The molecule has 1 rings (SSSR count). The highest BCUT2D eigenvalue weighted by atomic mass is 32.2. The van der Waals surface area contributed by atoms with E-state index in [0.717, 1.165) is 5.75 Å². The maximum atomic E-state index is 5.59. The van der Waals surface area contributed by atoms with Crippen molar-refractivity contribution in [2.75, 3.05) is 6.26 Å². The molecule has 0 saturated carbocycles. The molecule has 0 N–H and O–H groups in total. The fraction of sp³-hybridized carbons (Fsp3) is 0.455. The van der Waals surface area contributed by atoms with Gasteiger partial charge in [0.25, 0.3) is 0 Å². The van der Waals surface area contributed by atoms with E-state index < -0.39 is 0 Å². The number of benzene rings is 1. The molecule has 0 heterocycles. The summed E-state index contributed by atoms with van der Waals surface area (Å²) in [7, 11) is 0. The Bertz CT molecular complexity index is 281. The van der Waals surface area contributed by atoms with E-state index in [4.69, 9.17) is 4.74 Å². The van der Waals surface area contributed by atoms with Crippen molar-refractivity contribution in [2.45, 2.75) is 31.8 Å². The van der Waals surface area contributed by atoms with E-state index in [1.54, 1.807) is 11.8 Å². The molecule has 0 aliphatic heterocycles. The molecule has 2 heteroatoms. The summed E-state index contributed by atoms with van der Waals surface area (Å²) in [5.41, 5.74) is 1.28. The Labute approximate surface area is 84.5 Å². The minimum Gasteiger partial charge on any atom is -0.491 e. The van der Waals surface area contributed by atoms with Crippen molar-refractivity contribution in [1.29, 1.82) is 0 Å². The molecule has 13 heavy (non-hydrogen) atoms. The third-order valence-corrected chi connectivity index (χ3v) is 2.64. The summed E-state index contributed by atoms with van der Waals surface area (Å²) in [6, 6.07) is 6.22. The first kappa shape index (κ1) is 10.5. The Balaban J connectivity index is 2.83. The third-order valence-electron chi connectivity index (χ3n) is 1.74. The zero-order chi connectivity index (χ0) is 9.84. The molecular formula is C11H16OS. The monoisotopic (exact) mass is 196 g/mol. The molecule has 1 aromatic rings. The molecule has 72 valence electrons. The van der Waals surface area contributed by atoms with Crippen LogP contribution in [0.25, 0.3) is 0 Å². The van der Waals surface area contributed by atoms with E-state index in [1.165, 1.54) is 10.5 Å². The fourth-order valence-corrected chi connectivity index (χ4v) is 1.78. The topological polar surface area (TPSA) is 9.23 Å². The molecule has 1 aromatic carbocycles. The van der Waals surface area contributed by atoms with Gasteiger partial charge < -0.3 is 4.74 Å². The van der Waals surface area contributed by atoms with Gasteiger partial charge in [-0.1, -0.05) is 0 Å². The summed E-state index contributed by atoms with van der Waals surface area (Å²) in [4.78, 5) is 1.32. The minimum absolute atomic E-state index is 0.250. The summed E-state index contributed by atoms with van der Waals surface area (Å²) in [6.45, 7) is 6.19. The largest absolute Gasteiger partial charge is 0.491 e. The fourth-order valence-electron chi connectivity index (χ4n) is 1.20. The minimum atomic E-state index is 0.250. The Morgan fingerprint density at radius 2 is 2.00 bits per heavy atom. The molecule has 0 radical (unpaired) electrons. The first-order valence-corrected chi connectivity index (χ1v) is 5.67. The molecule has 0 unspecified atom stereocenters. The molecule has 0 amide bonds. The Morgan fingerprint density at radius 3 is 2.46 bits per heavy atom. The van der Waals surface area contributed by atoms with E-state index in [9.17, 15) is 0 Å². The molecule has 0 fully saturated rings. The van der Waals surface area contributed by atoms with Crippen LogP contribution in [0.2, 0.25) is 0 Å². The van der Waals surface area contributed by atoms with Crippen molar-refractivity contribution >= 4 is 11.8 Å². The smallest absolute Gasteiger partial charge is 0.120 e. The van der Waals surface area contributed by atoms with Crippen LogP contribution in [0, 0.1) is 6.92 Å². The molecule has 0 aliphatic carbocycles. The lowest BCUT2D eigenvalue weighted by molar-refractivity contribution is 0.242. The van der Waals surface area contributed by atoms with Gasteiger partial charge in [0.1, 0.15) is 5.75 Å². The van der Waals surface area contributed by atoms with Crippen LogP contribution in [0.15, 0.2) is 23.1 Å². The molecule has 0 aromatic heterocycles. The molecule has 0 bridgehead atoms. The van der Waals surface area contributed by atoms with Crippen LogP contribution < -0.4 is 4.74 Å². The highest BCUT2D eigenvalue weighted by molar-refractivity contribution is 7.98. The SMILES string of the molecule is CSc1ccc(OC(C)C)cc1C. The number of hydrogen-bond donors (Lipinski definition) is 0. The lowest BCUT2D eigenvalue weighted by Gasteiger charge is -2.11. The zero-order valence-electron chi connectivity index (χ0n) is 8.63.